The van der Waals surface area contributed by atoms with Crippen molar-refractivity contribution in [1.82, 2.24) is 10.2 Å². The van der Waals surface area contributed by atoms with E-state index in [-0.39, 0.29) is 23.8 Å². The molecular formula is C10H17N3O3. The normalized spacial score (nSPS) is 30.9. The van der Waals surface area contributed by atoms with E-state index >= 15 is 0 Å². The summed E-state index contributed by atoms with van der Waals surface area (Å²) in [7, 11) is 0. The van der Waals surface area contributed by atoms with Gasteiger partial charge < -0.3 is 21.1 Å². The van der Waals surface area contributed by atoms with Crippen LogP contribution in [0.1, 0.15) is 12.8 Å². The highest BCUT2D eigenvalue weighted by Crippen LogP contribution is 2.34. The molecule has 16 heavy (non-hydrogen) atoms. The number of amides is 2. The van der Waals surface area contributed by atoms with Crippen LogP contribution in [0.25, 0.3) is 0 Å². The number of carbonyl (C=O) groups excluding carboxylic acids is 2. The molecule has 6 nitrogen and oxygen atoms in total. The van der Waals surface area contributed by atoms with Gasteiger partial charge in [-0.05, 0) is 12.8 Å². The van der Waals surface area contributed by atoms with E-state index in [1.165, 1.54) is 0 Å². The summed E-state index contributed by atoms with van der Waals surface area (Å²) in [6.07, 6.45) is 1.65. The molecule has 2 saturated heterocycles. The Balaban J connectivity index is 2.02. The highest BCUT2D eigenvalue weighted by atomic mass is 16.3. The third-order valence-electron chi connectivity index (χ3n) is 3.47. The molecule has 2 aliphatic rings. The highest BCUT2D eigenvalue weighted by molar-refractivity contribution is 5.90. The lowest BCUT2D eigenvalue weighted by atomic mass is 9.74. The monoisotopic (exact) mass is 227 g/mol. The van der Waals surface area contributed by atoms with Crippen LogP contribution in [-0.2, 0) is 9.59 Å². The van der Waals surface area contributed by atoms with Crippen LogP contribution < -0.4 is 11.1 Å². The molecule has 2 heterocycles. The number of nitrogens with one attached hydrogen (secondary N) is 1. The predicted octanol–water partition coefficient (Wildman–Crippen LogP) is -1.96. The lowest BCUT2D eigenvalue weighted by Gasteiger charge is -2.47. The van der Waals surface area contributed by atoms with E-state index in [1.807, 2.05) is 0 Å². The summed E-state index contributed by atoms with van der Waals surface area (Å²) in [5.74, 6) is -0.233. The molecule has 4 N–H and O–H groups in total. The Morgan fingerprint density at radius 1 is 1.69 bits per heavy atom. The topological polar surface area (TPSA) is 95.7 Å². The van der Waals surface area contributed by atoms with E-state index in [0.717, 1.165) is 12.8 Å². The Morgan fingerprint density at radius 2 is 2.44 bits per heavy atom. The van der Waals surface area contributed by atoms with E-state index in [2.05, 4.69) is 5.32 Å². The number of aliphatic hydroxyl groups is 1. The molecular weight excluding hydrogens is 210 g/mol. The van der Waals surface area contributed by atoms with E-state index in [0.29, 0.717) is 19.6 Å². The summed E-state index contributed by atoms with van der Waals surface area (Å²) in [6.45, 7) is 1.35. The number of nitrogens with zero attached hydrogens (tertiary/aromatic N) is 1. The molecule has 2 atom stereocenters. The SMILES string of the molecule is N[C@@H](CO)C(=O)N1CCCC2(CNC2=O)C1. The average molecular weight is 227 g/mol. The number of piperidine rings is 1. The fraction of sp³-hybridized carbons (Fsp3) is 0.800. The van der Waals surface area contributed by atoms with Crippen LogP contribution in [0.4, 0.5) is 0 Å². The van der Waals surface area contributed by atoms with Gasteiger partial charge in [0, 0.05) is 19.6 Å². The summed E-state index contributed by atoms with van der Waals surface area (Å²) in [5, 5.41) is 11.6. The van der Waals surface area contributed by atoms with Crippen LogP contribution in [0, 0.1) is 5.41 Å². The van der Waals surface area contributed by atoms with E-state index in [1.54, 1.807) is 4.90 Å². The van der Waals surface area contributed by atoms with E-state index in [9.17, 15) is 9.59 Å². The molecule has 0 aromatic heterocycles. The van der Waals surface area contributed by atoms with Gasteiger partial charge in [0.1, 0.15) is 6.04 Å². The zero-order valence-corrected chi connectivity index (χ0v) is 9.11. The molecule has 0 aromatic carbocycles. The third-order valence-corrected chi connectivity index (χ3v) is 3.47. The van der Waals surface area contributed by atoms with E-state index in [4.69, 9.17) is 10.8 Å². The zero-order chi connectivity index (χ0) is 11.8. The minimum absolute atomic E-state index is 0.0302. The minimum atomic E-state index is -0.863. The summed E-state index contributed by atoms with van der Waals surface area (Å²) in [4.78, 5) is 24.9. The van der Waals surface area contributed by atoms with Crippen molar-refractivity contribution in [3.05, 3.63) is 0 Å². The van der Waals surface area contributed by atoms with Crippen molar-refractivity contribution in [3.63, 3.8) is 0 Å². The number of β-lactam (4-membered cyclic amide) rings is 1. The first-order valence-corrected chi connectivity index (χ1v) is 5.53. The van der Waals surface area contributed by atoms with Crippen molar-refractivity contribution in [1.29, 1.82) is 0 Å². The molecule has 0 aliphatic carbocycles. The van der Waals surface area contributed by atoms with Crippen molar-refractivity contribution in [3.8, 4) is 0 Å². The summed E-state index contributed by atoms with van der Waals surface area (Å²) in [5.41, 5.74) is 5.10. The molecule has 2 fully saturated rings. The van der Waals surface area contributed by atoms with Gasteiger partial charge in [0.2, 0.25) is 11.8 Å². The van der Waals surface area contributed by atoms with Crippen molar-refractivity contribution in [2.45, 2.75) is 18.9 Å². The molecule has 0 radical (unpaired) electrons. The number of carbonyl (C=O) groups is 2. The fourth-order valence-corrected chi connectivity index (χ4v) is 2.37. The Morgan fingerprint density at radius 3 is 2.94 bits per heavy atom. The lowest BCUT2D eigenvalue weighted by Crippen LogP contribution is -2.66. The largest absolute Gasteiger partial charge is 0.394 e. The first kappa shape index (κ1) is 11.3. The first-order chi connectivity index (χ1) is 7.59. The standard InChI is InChI=1S/C10H17N3O3/c11-7(4-14)8(15)13-3-1-2-10(6-13)5-12-9(10)16/h7,14H,1-6,11H2,(H,12,16)/t7-,10?/m0/s1. The van der Waals surface area contributed by atoms with Gasteiger partial charge in [0.25, 0.3) is 0 Å². The molecule has 2 aliphatic heterocycles. The predicted molar refractivity (Wildman–Crippen MR) is 56.3 cm³/mol. The lowest BCUT2D eigenvalue weighted by molar-refractivity contribution is -0.150. The molecule has 1 unspecified atom stereocenters. The van der Waals surface area contributed by atoms with E-state index < -0.39 is 6.04 Å². The van der Waals surface area contributed by atoms with Gasteiger partial charge in [-0.25, -0.2) is 0 Å². The van der Waals surface area contributed by atoms with Crippen molar-refractivity contribution < 1.29 is 14.7 Å². The maximum Gasteiger partial charge on any atom is 0.241 e. The fourth-order valence-electron chi connectivity index (χ4n) is 2.37. The van der Waals surface area contributed by atoms with Crippen LogP contribution in [0.3, 0.4) is 0 Å². The van der Waals surface area contributed by atoms with Crippen LogP contribution in [0.2, 0.25) is 0 Å². The number of likely N-dealkylation sites (tertiary alicyclic amines) is 1. The molecule has 0 aromatic rings. The Labute approximate surface area is 93.8 Å². The van der Waals surface area contributed by atoms with Gasteiger partial charge in [-0.15, -0.1) is 0 Å². The van der Waals surface area contributed by atoms with Gasteiger partial charge in [-0.1, -0.05) is 0 Å². The number of nitrogens with two attached hydrogens (primary N) is 1. The smallest absolute Gasteiger partial charge is 0.241 e. The average Bonchev–Trinajstić information content (AvgIpc) is 2.35. The van der Waals surface area contributed by atoms with Crippen LogP contribution >= 0.6 is 0 Å². The van der Waals surface area contributed by atoms with Crippen molar-refractivity contribution >= 4 is 11.8 Å². The Bertz CT molecular complexity index is 320. The molecule has 0 saturated carbocycles. The number of hydrogen-bond donors (Lipinski definition) is 3. The Hall–Kier alpha value is -1.14. The Kier molecular flexibility index (Phi) is 2.86. The summed E-state index contributed by atoms with van der Waals surface area (Å²) < 4.78 is 0. The quantitative estimate of drug-likeness (QED) is 0.477. The van der Waals surface area contributed by atoms with Gasteiger partial charge in [-0.2, -0.15) is 0 Å². The number of rotatable bonds is 2. The minimum Gasteiger partial charge on any atom is -0.394 e. The molecule has 2 amide bonds. The van der Waals surface area contributed by atoms with Crippen molar-refractivity contribution in [2.24, 2.45) is 11.1 Å². The second-order valence-electron chi connectivity index (χ2n) is 4.62. The van der Waals surface area contributed by atoms with Gasteiger partial charge in [-0.3, -0.25) is 9.59 Å². The summed E-state index contributed by atoms with van der Waals surface area (Å²) in [6, 6.07) is -0.863. The maximum atomic E-state index is 11.8. The highest BCUT2D eigenvalue weighted by Gasteiger charge is 2.49. The zero-order valence-electron chi connectivity index (χ0n) is 9.11. The van der Waals surface area contributed by atoms with Gasteiger partial charge in [0.15, 0.2) is 0 Å². The molecule has 0 bridgehead atoms. The van der Waals surface area contributed by atoms with Crippen molar-refractivity contribution in [2.75, 3.05) is 26.2 Å². The molecule has 1 spiro atoms. The number of aliphatic hydroxyl groups excluding tert-OH is 1. The first-order valence-electron chi connectivity index (χ1n) is 5.53. The van der Waals surface area contributed by atoms with Gasteiger partial charge in [0.05, 0.1) is 12.0 Å². The third kappa shape index (κ3) is 1.68. The van der Waals surface area contributed by atoms with Crippen LogP contribution in [0.5, 0.6) is 0 Å². The van der Waals surface area contributed by atoms with Gasteiger partial charge >= 0.3 is 0 Å². The summed E-state index contributed by atoms with van der Waals surface area (Å²) >= 11 is 0. The second-order valence-corrected chi connectivity index (χ2v) is 4.62. The number of hydrogen-bond acceptors (Lipinski definition) is 4. The van der Waals surface area contributed by atoms with Crippen LogP contribution in [0.15, 0.2) is 0 Å². The molecule has 6 heteroatoms. The maximum absolute atomic E-state index is 11.8. The molecule has 90 valence electrons. The van der Waals surface area contributed by atoms with Crippen LogP contribution in [-0.4, -0.2) is 54.1 Å². The second kappa shape index (κ2) is 4.03. The molecule has 2 rings (SSSR count).